The van der Waals surface area contributed by atoms with Crippen LogP contribution in [0.25, 0.3) is 0 Å². The molecule has 0 radical (unpaired) electrons. The van der Waals surface area contributed by atoms with Crippen molar-refractivity contribution in [2.24, 2.45) is 17.8 Å². The van der Waals surface area contributed by atoms with Crippen LogP contribution in [-0.4, -0.2) is 19.0 Å². The van der Waals surface area contributed by atoms with Crippen LogP contribution in [0.2, 0.25) is 0 Å². The molecule has 0 spiro atoms. The molecular formula is C15H19NO3S. The summed E-state index contributed by atoms with van der Waals surface area (Å²) >= 11 is 1.26. The van der Waals surface area contributed by atoms with Crippen molar-refractivity contribution in [2.45, 2.75) is 32.1 Å². The molecule has 1 aromatic heterocycles. The average molecular weight is 293 g/mol. The number of esters is 1. The van der Waals surface area contributed by atoms with E-state index in [-0.39, 0.29) is 11.9 Å². The first-order chi connectivity index (χ1) is 9.65. The summed E-state index contributed by atoms with van der Waals surface area (Å²) in [6.07, 6.45) is 5.82. The molecule has 1 heterocycles. The van der Waals surface area contributed by atoms with Gasteiger partial charge >= 0.3 is 5.97 Å². The quantitative estimate of drug-likeness (QED) is 0.867. The number of carbonyl (C=O) groups is 2. The first-order valence-corrected chi connectivity index (χ1v) is 7.95. The molecule has 108 valence electrons. The number of hydrogen-bond donors (Lipinski definition) is 1. The van der Waals surface area contributed by atoms with Gasteiger partial charge in [-0.05, 0) is 49.1 Å². The molecule has 0 aromatic carbocycles. The smallest absolute Gasteiger partial charge is 0.348 e. The van der Waals surface area contributed by atoms with E-state index >= 15 is 0 Å². The van der Waals surface area contributed by atoms with Gasteiger partial charge in [0, 0.05) is 6.42 Å². The zero-order valence-electron chi connectivity index (χ0n) is 11.6. The van der Waals surface area contributed by atoms with E-state index in [4.69, 9.17) is 0 Å². The van der Waals surface area contributed by atoms with Crippen LogP contribution < -0.4 is 5.32 Å². The van der Waals surface area contributed by atoms with E-state index < -0.39 is 0 Å². The van der Waals surface area contributed by atoms with Gasteiger partial charge in [-0.25, -0.2) is 4.79 Å². The molecule has 5 heteroatoms. The summed E-state index contributed by atoms with van der Waals surface area (Å²) in [5.41, 5.74) is 0. The van der Waals surface area contributed by atoms with Crippen LogP contribution in [-0.2, 0) is 9.53 Å². The van der Waals surface area contributed by atoms with Gasteiger partial charge in [-0.3, -0.25) is 4.79 Å². The summed E-state index contributed by atoms with van der Waals surface area (Å²) in [5, 5.41) is 3.62. The van der Waals surface area contributed by atoms with Gasteiger partial charge < -0.3 is 10.1 Å². The number of hydrogen-bond acceptors (Lipinski definition) is 4. The van der Waals surface area contributed by atoms with E-state index in [9.17, 15) is 9.59 Å². The van der Waals surface area contributed by atoms with Crippen LogP contribution in [0.5, 0.6) is 0 Å². The second kappa shape index (κ2) is 5.56. The fourth-order valence-electron chi connectivity index (χ4n) is 3.67. The lowest BCUT2D eigenvalue weighted by Crippen LogP contribution is -2.19. The number of carbonyl (C=O) groups excluding carboxylic acids is 2. The molecule has 20 heavy (non-hydrogen) atoms. The maximum Gasteiger partial charge on any atom is 0.348 e. The maximum absolute atomic E-state index is 12.1. The third kappa shape index (κ3) is 2.73. The molecule has 1 aromatic rings. The molecule has 0 aliphatic heterocycles. The van der Waals surface area contributed by atoms with Crippen molar-refractivity contribution in [3.63, 3.8) is 0 Å². The zero-order valence-corrected chi connectivity index (χ0v) is 12.4. The van der Waals surface area contributed by atoms with Gasteiger partial charge in [0.15, 0.2) is 0 Å². The largest absolute Gasteiger partial charge is 0.465 e. The third-order valence-electron chi connectivity index (χ3n) is 4.59. The van der Waals surface area contributed by atoms with Gasteiger partial charge in [0.2, 0.25) is 5.91 Å². The number of anilines is 1. The minimum atomic E-state index is -0.358. The van der Waals surface area contributed by atoms with Crippen molar-refractivity contribution in [2.75, 3.05) is 12.4 Å². The Morgan fingerprint density at radius 2 is 2.20 bits per heavy atom. The number of thiophene rings is 1. The Hall–Kier alpha value is -1.36. The predicted octanol–water partition coefficient (Wildman–Crippen LogP) is 3.30. The van der Waals surface area contributed by atoms with Crippen LogP contribution in [0.1, 0.15) is 41.8 Å². The van der Waals surface area contributed by atoms with Crippen molar-refractivity contribution >= 4 is 28.2 Å². The lowest BCUT2D eigenvalue weighted by Gasteiger charge is -2.20. The van der Waals surface area contributed by atoms with E-state index in [0.29, 0.717) is 17.2 Å². The Bertz CT molecular complexity index is 525. The molecule has 0 saturated heterocycles. The summed E-state index contributed by atoms with van der Waals surface area (Å²) in [6, 6.07) is 3.44. The molecule has 3 rings (SSSR count). The first kappa shape index (κ1) is 13.6. The van der Waals surface area contributed by atoms with Crippen LogP contribution in [0, 0.1) is 17.8 Å². The lowest BCUT2D eigenvalue weighted by molar-refractivity contribution is -0.117. The number of ether oxygens (including phenoxy) is 1. The number of methoxy groups -OCH3 is 1. The summed E-state index contributed by atoms with van der Waals surface area (Å²) in [4.78, 5) is 23.9. The number of fused-ring (bicyclic) bond motifs is 2. The third-order valence-corrected chi connectivity index (χ3v) is 5.57. The maximum atomic E-state index is 12.1. The Morgan fingerprint density at radius 3 is 2.85 bits per heavy atom. The van der Waals surface area contributed by atoms with Crippen LogP contribution >= 0.6 is 11.3 Å². The first-order valence-electron chi connectivity index (χ1n) is 7.13. The Balaban J connectivity index is 1.54. The molecule has 4 nitrogen and oxygen atoms in total. The average Bonchev–Trinajstić information content (AvgIpc) is 3.13. The molecule has 3 atom stereocenters. The normalized spacial score (nSPS) is 27.6. The highest BCUT2D eigenvalue weighted by molar-refractivity contribution is 7.18. The second-order valence-electron chi connectivity index (χ2n) is 5.84. The Labute approximate surface area is 122 Å². The lowest BCUT2D eigenvalue weighted by atomic mass is 9.86. The molecule has 2 bridgehead atoms. The molecule has 1 N–H and O–H groups in total. The van der Waals surface area contributed by atoms with Crippen LogP contribution in [0.3, 0.4) is 0 Å². The van der Waals surface area contributed by atoms with Crippen molar-refractivity contribution in [3.05, 3.63) is 17.0 Å². The molecule has 3 unspecified atom stereocenters. The topological polar surface area (TPSA) is 55.4 Å². The fourth-order valence-corrected chi connectivity index (χ4v) is 4.51. The van der Waals surface area contributed by atoms with Gasteiger partial charge in [0.1, 0.15) is 4.88 Å². The standard InChI is InChI=1S/C15H19NO3S/c1-19-15(18)12-4-5-14(20-12)16-13(17)8-11-7-9-2-3-10(11)6-9/h4-5,9-11H,2-3,6-8H2,1H3,(H,16,17). The molecule has 2 fully saturated rings. The molecule has 1 amide bonds. The molecule has 2 aliphatic carbocycles. The summed E-state index contributed by atoms with van der Waals surface area (Å²) in [6.45, 7) is 0. The zero-order chi connectivity index (χ0) is 14.1. The number of nitrogens with one attached hydrogen (secondary N) is 1. The molecular weight excluding hydrogens is 274 g/mol. The number of amides is 1. The second-order valence-corrected chi connectivity index (χ2v) is 6.93. The van der Waals surface area contributed by atoms with E-state index in [1.165, 1.54) is 44.1 Å². The monoisotopic (exact) mass is 293 g/mol. The molecule has 2 saturated carbocycles. The van der Waals surface area contributed by atoms with Gasteiger partial charge in [0.25, 0.3) is 0 Å². The summed E-state index contributed by atoms with van der Waals surface area (Å²) < 4.78 is 4.65. The van der Waals surface area contributed by atoms with E-state index in [1.54, 1.807) is 12.1 Å². The highest BCUT2D eigenvalue weighted by atomic mass is 32.1. The highest BCUT2D eigenvalue weighted by Crippen LogP contribution is 2.49. The van der Waals surface area contributed by atoms with Crippen molar-refractivity contribution < 1.29 is 14.3 Å². The number of rotatable bonds is 4. The van der Waals surface area contributed by atoms with E-state index in [0.717, 1.165) is 16.8 Å². The van der Waals surface area contributed by atoms with Crippen molar-refractivity contribution in [1.82, 2.24) is 0 Å². The Kier molecular flexibility index (Phi) is 3.78. The van der Waals surface area contributed by atoms with Gasteiger partial charge in [-0.2, -0.15) is 0 Å². The highest BCUT2D eigenvalue weighted by Gasteiger charge is 2.40. The summed E-state index contributed by atoms with van der Waals surface area (Å²) in [5.74, 6) is 1.91. The minimum absolute atomic E-state index is 0.0702. The van der Waals surface area contributed by atoms with Crippen LogP contribution in [0.4, 0.5) is 5.00 Å². The van der Waals surface area contributed by atoms with E-state index in [2.05, 4.69) is 10.1 Å². The minimum Gasteiger partial charge on any atom is -0.465 e. The summed E-state index contributed by atoms with van der Waals surface area (Å²) in [7, 11) is 1.36. The SMILES string of the molecule is COC(=O)c1ccc(NC(=O)CC2CC3CCC2C3)s1. The predicted molar refractivity (Wildman–Crippen MR) is 77.8 cm³/mol. The molecule has 2 aliphatic rings. The van der Waals surface area contributed by atoms with Crippen molar-refractivity contribution in [3.8, 4) is 0 Å². The Morgan fingerprint density at radius 1 is 1.35 bits per heavy atom. The van der Waals surface area contributed by atoms with Gasteiger partial charge in [-0.1, -0.05) is 6.42 Å². The van der Waals surface area contributed by atoms with E-state index in [1.807, 2.05) is 0 Å². The van der Waals surface area contributed by atoms with Crippen LogP contribution in [0.15, 0.2) is 12.1 Å². The fraction of sp³-hybridized carbons (Fsp3) is 0.600. The van der Waals surface area contributed by atoms with Gasteiger partial charge in [0.05, 0.1) is 12.1 Å². The van der Waals surface area contributed by atoms with Crippen molar-refractivity contribution in [1.29, 1.82) is 0 Å². The van der Waals surface area contributed by atoms with Gasteiger partial charge in [-0.15, -0.1) is 11.3 Å².